The summed E-state index contributed by atoms with van der Waals surface area (Å²) in [5.74, 6) is 1.42. The Labute approximate surface area is 89.3 Å². The molecule has 0 aliphatic rings. The molecule has 3 heteroatoms. The van der Waals surface area contributed by atoms with Crippen LogP contribution >= 0.6 is 0 Å². The second-order valence-electron chi connectivity index (χ2n) is 3.15. The summed E-state index contributed by atoms with van der Waals surface area (Å²) in [6, 6.07) is 5.47. The Hall–Kier alpha value is -1.77. The first-order valence-corrected chi connectivity index (χ1v) is 4.56. The van der Waals surface area contributed by atoms with Crippen LogP contribution in [0.15, 0.2) is 23.8 Å². The van der Waals surface area contributed by atoms with Crippen LogP contribution in [0, 0.1) is 0 Å². The van der Waals surface area contributed by atoms with Crippen LogP contribution in [0.5, 0.6) is 11.5 Å². The summed E-state index contributed by atoms with van der Waals surface area (Å²) in [5, 5.41) is 0. The van der Waals surface area contributed by atoms with Gasteiger partial charge in [0.1, 0.15) is 17.8 Å². The second-order valence-corrected chi connectivity index (χ2v) is 3.15. The number of hydrogen-bond acceptors (Lipinski definition) is 3. The van der Waals surface area contributed by atoms with Crippen molar-refractivity contribution in [2.45, 2.75) is 6.92 Å². The molecule has 80 valence electrons. The van der Waals surface area contributed by atoms with Crippen molar-refractivity contribution in [3.63, 3.8) is 0 Å². The SMILES string of the molecule is COc1cc(C=C(C)C=O)cc(OC)c1. The van der Waals surface area contributed by atoms with E-state index < -0.39 is 0 Å². The van der Waals surface area contributed by atoms with Gasteiger partial charge in [0.15, 0.2) is 0 Å². The van der Waals surface area contributed by atoms with E-state index >= 15 is 0 Å². The molecule has 0 amide bonds. The van der Waals surface area contributed by atoms with Crippen LogP contribution in [0.2, 0.25) is 0 Å². The van der Waals surface area contributed by atoms with Crippen LogP contribution in [0.25, 0.3) is 6.08 Å². The molecule has 0 spiro atoms. The Balaban J connectivity index is 3.12. The minimum absolute atomic E-state index is 0.658. The third-order valence-corrected chi connectivity index (χ3v) is 1.95. The van der Waals surface area contributed by atoms with Crippen molar-refractivity contribution in [3.8, 4) is 11.5 Å². The molecule has 0 aromatic heterocycles. The normalized spacial score (nSPS) is 11.0. The molecule has 0 aliphatic heterocycles. The molecule has 0 saturated carbocycles. The second kappa shape index (κ2) is 5.20. The first kappa shape index (κ1) is 11.3. The number of allylic oxidation sites excluding steroid dienone is 1. The van der Waals surface area contributed by atoms with Gasteiger partial charge in [-0.1, -0.05) is 0 Å². The fourth-order valence-corrected chi connectivity index (χ4v) is 1.21. The molecule has 0 radical (unpaired) electrons. The smallest absolute Gasteiger partial charge is 0.145 e. The topological polar surface area (TPSA) is 35.5 Å². The molecule has 1 aromatic carbocycles. The minimum Gasteiger partial charge on any atom is -0.497 e. The summed E-state index contributed by atoms with van der Waals surface area (Å²) in [5.41, 5.74) is 1.54. The molecule has 3 nitrogen and oxygen atoms in total. The maximum absolute atomic E-state index is 10.5. The molecule has 0 unspecified atom stereocenters. The molecule has 0 fully saturated rings. The number of benzene rings is 1. The van der Waals surface area contributed by atoms with E-state index in [1.54, 1.807) is 33.3 Å². The van der Waals surface area contributed by atoms with Gasteiger partial charge in [-0.25, -0.2) is 0 Å². The van der Waals surface area contributed by atoms with Crippen LogP contribution in [0.4, 0.5) is 0 Å². The molecule has 0 N–H and O–H groups in total. The number of ether oxygens (including phenoxy) is 2. The molecule has 0 bridgehead atoms. The molecular formula is C12H14O3. The van der Waals surface area contributed by atoms with E-state index in [1.165, 1.54) is 0 Å². The van der Waals surface area contributed by atoms with E-state index in [1.807, 2.05) is 12.1 Å². The fourth-order valence-electron chi connectivity index (χ4n) is 1.21. The van der Waals surface area contributed by atoms with Crippen LogP contribution in [0.1, 0.15) is 12.5 Å². The number of hydrogen-bond donors (Lipinski definition) is 0. The van der Waals surface area contributed by atoms with Crippen molar-refractivity contribution in [1.82, 2.24) is 0 Å². The predicted octanol–water partition coefficient (Wildman–Crippen LogP) is 2.31. The lowest BCUT2D eigenvalue weighted by Gasteiger charge is -2.05. The fraction of sp³-hybridized carbons (Fsp3) is 0.250. The lowest BCUT2D eigenvalue weighted by atomic mass is 10.1. The standard InChI is InChI=1S/C12H14O3/c1-9(8-13)4-10-5-11(14-2)7-12(6-10)15-3/h4-8H,1-3H3. The van der Waals surface area contributed by atoms with Crippen LogP contribution in [-0.2, 0) is 4.79 Å². The zero-order chi connectivity index (χ0) is 11.3. The summed E-state index contributed by atoms with van der Waals surface area (Å²) in [4.78, 5) is 10.5. The third-order valence-electron chi connectivity index (χ3n) is 1.95. The van der Waals surface area contributed by atoms with Crippen molar-refractivity contribution in [2.24, 2.45) is 0 Å². The van der Waals surface area contributed by atoms with E-state index in [-0.39, 0.29) is 0 Å². The quantitative estimate of drug-likeness (QED) is 0.560. The van der Waals surface area contributed by atoms with Gasteiger partial charge >= 0.3 is 0 Å². The number of carbonyl (C=O) groups is 1. The van der Waals surface area contributed by atoms with E-state index in [0.717, 1.165) is 11.8 Å². The minimum atomic E-state index is 0.658. The summed E-state index contributed by atoms with van der Waals surface area (Å²) in [6.07, 6.45) is 2.59. The Morgan fingerprint density at radius 1 is 1.13 bits per heavy atom. The first-order chi connectivity index (χ1) is 7.19. The van der Waals surface area contributed by atoms with E-state index in [0.29, 0.717) is 17.1 Å². The Morgan fingerprint density at radius 3 is 2.07 bits per heavy atom. The van der Waals surface area contributed by atoms with Gasteiger partial charge in [0.05, 0.1) is 14.2 Å². The summed E-state index contributed by atoms with van der Waals surface area (Å²) in [7, 11) is 3.18. The van der Waals surface area contributed by atoms with Gasteiger partial charge in [-0.2, -0.15) is 0 Å². The first-order valence-electron chi connectivity index (χ1n) is 4.56. The molecule has 0 heterocycles. The zero-order valence-electron chi connectivity index (χ0n) is 9.11. The highest BCUT2D eigenvalue weighted by molar-refractivity contribution is 5.81. The largest absolute Gasteiger partial charge is 0.497 e. The molecule has 0 atom stereocenters. The van der Waals surface area contributed by atoms with Crippen molar-refractivity contribution in [3.05, 3.63) is 29.3 Å². The van der Waals surface area contributed by atoms with E-state index in [9.17, 15) is 4.79 Å². The molecule has 0 saturated heterocycles. The van der Waals surface area contributed by atoms with Crippen molar-refractivity contribution < 1.29 is 14.3 Å². The molecular weight excluding hydrogens is 192 g/mol. The Morgan fingerprint density at radius 2 is 1.67 bits per heavy atom. The number of rotatable bonds is 4. The number of aldehydes is 1. The van der Waals surface area contributed by atoms with Crippen molar-refractivity contribution >= 4 is 12.4 Å². The van der Waals surface area contributed by atoms with E-state index in [4.69, 9.17) is 9.47 Å². The third kappa shape index (κ3) is 3.13. The van der Waals surface area contributed by atoms with Gasteiger partial charge in [-0.3, -0.25) is 4.79 Å². The number of methoxy groups -OCH3 is 2. The van der Waals surface area contributed by atoms with Gasteiger partial charge in [-0.05, 0) is 36.3 Å². The average molecular weight is 206 g/mol. The van der Waals surface area contributed by atoms with E-state index in [2.05, 4.69) is 0 Å². The summed E-state index contributed by atoms with van der Waals surface area (Å²) in [6.45, 7) is 1.75. The van der Waals surface area contributed by atoms with Crippen molar-refractivity contribution in [1.29, 1.82) is 0 Å². The van der Waals surface area contributed by atoms with Gasteiger partial charge in [0, 0.05) is 6.07 Å². The summed E-state index contributed by atoms with van der Waals surface area (Å²) < 4.78 is 10.2. The molecule has 1 aromatic rings. The monoisotopic (exact) mass is 206 g/mol. The van der Waals surface area contributed by atoms with Gasteiger partial charge in [-0.15, -0.1) is 0 Å². The van der Waals surface area contributed by atoms with Crippen LogP contribution < -0.4 is 9.47 Å². The van der Waals surface area contributed by atoms with Crippen LogP contribution in [0.3, 0.4) is 0 Å². The van der Waals surface area contributed by atoms with Gasteiger partial charge < -0.3 is 9.47 Å². The highest BCUT2D eigenvalue weighted by Gasteiger charge is 1.99. The van der Waals surface area contributed by atoms with Crippen LogP contribution in [-0.4, -0.2) is 20.5 Å². The highest BCUT2D eigenvalue weighted by atomic mass is 16.5. The predicted molar refractivity (Wildman–Crippen MR) is 59.3 cm³/mol. The lowest BCUT2D eigenvalue weighted by Crippen LogP contribution is -1.88. The summed E-state index contributed by atoms with van der Waals surface area (Å²) >= 11 is 0. The zero-order valence-corrected chi connectivity index (χ0v) is 9.11. The molecule has 15 heavy (non-hydrogen) atoms. The maximum Gasteiger partial charge on any atom is 0.145 e. The maximum atomic E-state index is 10.5. The molecule has 0 aliphatic carbocycles. The lowest BCUT2D eigenvalue weighted by molar-refractivity contribution is -0.104. The average Bonchev–Trinajstić information content (AvgIpc) is 2.28. The molecule has 1 rings (SSSR count). The van der Waals surface area contributed by atoms with Gasteiger partial charge in [0.25, 0.3) is 0 Å². The Bertz CT molecular complexity index is 358. The van der Waals surface area contributed by atoms with Gasteiger partial charge in [0.2, 0.25) is 0 Å². The number of carbonyl (C=O) groups excluding carboxylic acids is 1. The van der Waals surface area contributed by atoms with Crippen molar-refractivity contribution in [2.75, 3.05) is 14.2 Å². The Kier molecular flexibility index (Phi) is 3.92. The highest BCUT2D eigenvalue weighted by Crippen LogP contribution is 2.23.